The molecule has 0 atom stereocenters. The standard InChI is InChI=1S/C20H19F3N2O3/c21-20(22,23)15-7-5-13(6-8-15)11-14-3-1-2-4-16(14)17(27)24-25-18(28)19(12-26)9-10-19/h1-8,26H,9-12H2,(H,24,27)(H,25,28). The van der Waals surface area contributed by atoms with Crippen molar-refractivity contribution in [2.75, 3.05) is 6.61 Å². The number of hydrazine groups is 1. The summed E-state index contributed by atoms with van der Waals surface area (Å²) in [4.78, 5) is 24.4. The van der Waals surface area contributed by atoms with Crippen LogP contribution in [0.1, 0.15) is 39.9 Å². The number of carbonyl (C=O) groups is 2. The van der Waals surface area contributed by atoms with Crippen molar-refractivity contribution in [2.24, 2.45) is 5.41 Å². The van der Waals surface area contributed by atoms with Crippen LogP contribution in [-0.2, 0) is 17.4 Å². The Morgan fingerprint density at radius 1 is 1.00 bits per heavy atom. The van der Waals surface area contributed by atoms with E-state index in [9.17, 15) is 27.9 Å². The van der Waals surface area contributed by atoms with Crippen molar-refractivity contribution in [1.29, 1.82) is 0 Å². The molecule has 1 aliphatic carbocycles. The van der Waals surface area contributed by atoms with Gasteiger partial charge in [-0.15, -0.1) is 0 Å². The molecule has 148 valence electrons. The molecule has 0 unspecified atom stereocenters. The van der Waals surface area contributed by atoms with E-state index in [0.717, 1.165) is 12.1 Å². The van der Waals surface area contributed by atoms with Crippen LogP contribution >= 0.6 is 0 Å². The van der Waals surface area contributed by atoms with Crippen molar-refractivity contribution in [3.8, 4) is 0 Å². The molecular formula is C20H19F3N2O3. The number of alkyl halides is 3. The maximum Gasteiger partial charge on any atom is 0.416 e. The van der Waals surface area contributed by atoms with Crippen LogP contribution in [0.25, 0.3) is 0 Å². The largest absolute Gasteiger partial charge is 0.416 e. The summed E-state index contributed by atoms with van der Waals surface area (Å²) in [7, 11) is 0. The van der Waals surface area contributed by atoms with Gasteiger partial charge in [-0.3, -0.25) is 20.4 Å². The van der Waals surface area contributed by atoms with Gasteiger partial charge in [0.1, 0.15) is 0 Å². The molecule has 0 radical (unpaired) electrons. The Kier molecular flexibility index (Phi) is 5.42. The van der Waals surface area contributed by atoms with Crippen molar-refractivity contribution in [1.82, 2.24) is 10.9 Å². The number of hydrogen-bond donors (Lipinski definition) is 3. The fourth-order valence-corrected chi connectivity index (χ4v) is 2.85. The van der Waals surface area contributed by atoms with Crippen LogP contribution in [0.5, 0.6) is 0 Å². The highest BCUT2D eigenvalue weighted by molar-refractivity contribution is 5.97. The minimum atomic E-state index is -4.40. The van der Waals surface area contributed by atoms with Crippen LogP contribution in [0.3, 0.4) is 0 Å². The lowest BCUT2D eigenvalue weighted by molar-refractivity contribution is -0.137. The van der Waals surface area contributed by atoms with E-state index in [1.54, 1.807) is 24.3 Å². The van der Waals surface area contributed by atoms with E-state index in [-0.39, 0.29) is 13.0 Å². The number of aliphatic hydroxyl groups is 1. The quantitative estimate of drug-likeness (QED) is 0.685. The SMILES string of the molecule is O=C(NNC(=O)C1(CO)CC1)c1ccccc1Cc1ccc(C(F)(F)F)cc1. The third-order valence-corrected chi connectivity index (χ3v) is 4.87. The predicted molar refractivity (Wildman–Crippen MR) is 95.1 cm³/mol. The molecule has 0 bridgehead atoms. The predicted octanol–water partition coefficient (Wildman–Crippen LogP) is 2.83. The molecule has 1 fully saturated rings. The molecular weight excluding hydrogens is 373 g/mol. The molecule has 0 aromatic heterocycles. The van der Waals surface area contributed by atoms with Crippen molar-refractivity contribution in [3.05, 3.63) is 70.8 Å². The minimum Gasteiger partial charge on any atom is -0.395 e. The van der Waals surface area contributed by atoms with E-state index in [2.05, 4.69) is 10.9 Å². The van der Waals surface area contributed by atoms with Gasteiger partial charge in [0.05, 0.1) is 17.6 Å². The van der Waals surface area contributed by atoms with Gasteiger partial charge in [0.2, 0.25) is 5.91 Å². The zero-order valence-electron chi connectivity index (χ0n) is 14.8. The minimum absolute atomic E-state index is 0.260. The molecule has 2 aromatic rings. The Bertz CT molecular complexity index is 875. The topological polar surface area (TPSA) is 78.4 Å². The lowest BCUT2D eigenvalue weighted by atomic mass is 9.98. The fourth-order valence-electron chi connectivity index (χ4n) is 2.85. The number of hydrogen-bond acceptors (Lipinski definition) is 3. The van der Waals surface area contributed by atoms with Crippen LogP contribution < -0.4 is 10.9 Å². The third kappa shape index (κ3) is 4.33. The van der Waals surface area contributed by atoms with Crippen molar-refractivity contribution in [2.45, 2.75) is 25.4 Å². The smallest absolute Gasteiger partial charge is 0.395 e. The van der Waals surface area contributed by atoms with E-state index in [1.165, 1.54) is 12.1 Å². The normalized spacial score (nSPS) is 15.0. The first-order valence-corrected chi connectivity index (χ1v) is 8.71. The first-order chi connectivity index (χ1) is 13.2. The number of carbonyl (C=O) groups excluding carboxylic acids is 2. The van der Waals surface area contributed by atoms with Crippen LogP contribution in [-0.4, -0.2) is 23.5 Å². The number of nitrogens with one attached hydrogen (secondary N) is 2. The summed E-state index contributed by atoms with van der Waals surface area (Å²) < 4.78 is 38.0. The molecule has 0 spiro atoms. The first-order valence-electron chi connectivity index (χ1n) is 8.71. The number of halogens is 3. The first kappa shape index (κ1) is 19.9. The summed E-state index contributed by atoms with van der Waals surface area (Å²) in [6, 6.07) is 11.4. The van der Waals surface area contributed by atoms with E-state index < -0.39 is 29.0 Å². The van der Waals surface area contributed by atoms with E-state index in [1.807, 2.05) is 0 Å². The van der Waals surface area contributed by atoms with Gasteiger partial charge in [-0.2, -0.15) is 13.2 Å². The summed E-state index contributed by atoms with van der Waals surface area (Å²) in [5.74, 6) is -0.979. The summed E-state index contributed by atoms with van der Waals surface area (Å²) in [6.07, 6.45) is -3.01. The van der Waals surface area contributed by atoms with Gasteiger partial charge in [0.15, 0.2) is 0 Å². The molecule has 8 heteroatoms. The average molecular weight is 392 g/mol. The molecule has 2 amide bonds. The molecule has 3 rings (SSSR count). The van der Waals surface area contributed by atoms with Crippen molar-refractivity contribution >= 4 is 11.8 Å². The molecule has 3 N–H and O–H groups in total. The van der Waals surface area contributed by atoms with E-state index in [4.69, 9.17) is 0 Å². The lowest BCUT2D eigenvalue weighted by Crippen LogP contribution is -2.46. The van der Waals surface area contributed by atoms with Gasteiger partial charge in [-0.25, -0.2) is 0 Å². The summed E-state index contributed by atoms with van der Waals surface area (Å²) in [5.41, 5.74) is 4.65. The second-order valence-electron chi connectivity index (χ2n) is 6.88. The van der Waals surface area contributed by atoms with Crippen LogP contribution in [0.4, 0.5) is 13.2 Å². The fraction of sp³-hybridized carbons (Fsp3) is 0.300. The highest BCUT2D eigenvalue weighted by Gasteiger charge is 2.49. The Hall–Kier alpha value is -2.87. The van der Waals surface area contributed by atoms with E-state index in [0.29, 0.717) is 29.5 Å². The lowest BCUT2D eigenvalue weighted by Gasteiger charge is -2.14. The van der Waals surface area contributed by atoms with Gasteiger partial charge < -0.3 is 5.11 Å². The Morgan fingerprint density at radius 3 is 2.21 bits per heavy atom. The molecule has 1 aliphatic rings. The molecule has 28 heavy (non-hydrogen) atoms. The van der Waals surface area contributed by atoms with Gasteiger partial charge in [-0.1, -0.05) is 30.3 Å². The maximum atomic E-state index is 12.7. The zero-order valence-corrected chi connectivity index (χ0v) is 14.8. The van der Waals surface area contributed by atoms with Crippen molar-refractivity contribution in [3.63, 3.8) is 0 Å². The van der Waals surface area contributed by atoms with E-state index >= 15 is 0 Å². The molecule has 0 aliphatic heterocycles. The molecule has 1 saturated carbocycles. The number of amides is 2. The number of rotatable bonds is 5. The van der Waals surface area contributed by atoms with Crippen LogP contribution in [0, 0.1) is 5.41 Å². The van der Waals surface area contributed by atoms with Crippen LogP contribution in [0.2, 0.25) is 0 Å². The molecule has 0 heterocycles. The van der Waals surface area contributed by atoms with Gasteiger partial charge in [0, 0.05) is 5.56 Å². The average Bonchev–Trinajstić information content (AvgIpc) is 3.47. The maximum absolute atomic E-state index is 12.7. The molecule has 0 saturated heterocycles. The second-order valence-corrected chi connectivity index (χ2v) is 6.88. The highest BCUT2D eigenvalue weighted by atomic mass is 19.4. The Labute approximate surface area is 159 Å². The molecule has 2 aromatic carbocycles. The van der Waals surface area contributed by atoms with Gasteiger partial charge >= 0.3 is 6.18 Å². The molecule has 5 nitrogen and oxygen atoms in total. The highest BCUT2D eigenvalue weighted by Crippen LogP contribution is 2.45. The summed E-state index contributed by atoms with van der Waals surface area (Å²) in [6.45, 7) is -0.279. The third-order valence-electron chi connectivity index (χ3n) is 4.87. The van der Waals surface area contributed by atoms with Gasteiger partial charge in [0.25, 0.3) is 5.91 Å². The monoisotopic (exact) mass is 392 g/mol. The summed E-state index contributed by atoms with van der Waals surface area (Å²) in [5, 5.41) is 9.24. The Balaban J connectivity index is 1.69. The number of aliphatic hydroxyl groups excluding tert-OH is 1. The Morgan fingerprint density at radius 2 is 1.64 bits per heavy atom. The second kappa shape index (κ2) is 7.63. The van der Waals surface area contributed by atoms with Crippen LogP contribution in [0.15, 0.2) is 48.5 Å². The van der Waals surface area contributed by atoms with Crippen molar-refractivity contribution < 1.29 is 27.9 Å². The number of benzene rings is 2. The zero-order chi connectivity index (χ0) is 20.4. The van der Waals surface area contributed by atoms with Gasteiger partial charge in [-0.05, 0) is 48.6 Å². The summed E-state index contributed by atoms with van der Waals surface area (Å²) >= 11 is 0.